The third kappa shape index (κ3) is 4.45. The molecule has 2 aromatic rings. The summed E-state index contributed by atoms with van der Waals surface area (Å²) < 4.78 is 7.10. The lowest BCUT2D eigenvalue weighted by Crippen LogP contribution is -2.17. The van der Waals surface area contributed by atoms with Gasteiger partial charge in [0.2, 0.25) is 5.91 Å². The predicted octanol–water partition coefficient (Wildman–Crippen LogP) is 3.75. The number of esters is 1. The molecule has 0 atom stereocenters. The molecule has 0 saturated carbocycles. The lowest BCUT2D eigenvalue weighted by molar-refractivity contribution is -0.113. The van der Waals surface area contributed by atoms with Crippen LogP contribution in [-0.2, 0) is 9.53 Å². The first-order valence-corrected chi connectivity index (χ1v) is 10.2. The molecule has 2 aromatic heterocycles. The molecule has 0 bridgehead atoms. The maximum absolute atomic E-state index is 12.4. The van der Waals surface area contributed by atoms with Crippen LogP contribution >= 0.6 is 23.1 Å². The SMILES string of the molecule is CCOC(=O)c1c(NC(=O)CSc2nnc(C)n2C(C)C)sc(C)c1C. The van der Waals surface area contributed by atoms with E-state index in [4.69, 9.17) is 4.74 Å². The number of aromatic nitrogens is 3. The van der Waals surface area contributed by atoms with E-state index in [0.29, 0.717) is 22.3 Å². The zero-order chi connectivity index (χ0) is 19.4. The molecule has 0 radical (unpaired) electrons. The summed E-state index contributed by atoms with van der Waals surface area (Å²) in [7, 11) is 0. The number of hydrogen-bond acceptors (Lipinski definition) is 7. The van der Waals surface area contributed by atoms with Crippen LogP contribution in [0.25, 0.3) is 0 Å². The average Bonchev–Trinajstić information content (AvgIpc) is 3.06. The Kier molecular flexibility index (Phi) is 6.82. The Hall–Kier alpha value is -1.87. The van der Waals surface area contributed by atoms with Crippen molar-refractivity contribution in [1.29, 1.82) is 0 Å². The van der Waals surface area contributed by atoms with Crippen molar-refractivity contribution < 1.29 is 14.3 Å². The number of amides is 1. The number of hydrogen-bond donors (Lipinski definition) is 1. The lowest BCUT2D eigenvalue weighted by atomic mass is 10.1. The number of carbonyl (C=O) groups excluding carboxylic acids is 2. The van der Waals surface area contributed by atoms with E-state index < -0.39 is 5.97 Å². The first-order chi connectivity index (χ1) is 12.3. The molecule has 1 N–H and O–H groups in total. The molecule has 0 aliphatic heterocycles. The molecular weight excluding hydrogens is 372 g/mol. The predicted molar refractivity (Wildman–Crippen MR) is 104 cm³/mol. The van der Waals surface area contributed by atoms with Crippen LogP contribution in [-0.4, -0.2) is 39.0 Å². The van der Waals surface area contributed by atoms with Crippen molar-refractivity contribution in [2.45, 2.75) is 52.7 Å². The number of thioether (sulfide) groups is 1. The highest BCUT2D eigenvalue weighted by Crippen LogP contribution is 2.33. The summed E-state index contributed by atoms with van der Waals surface area (Å²) in [6.07, 6.45) is 0. The van der Waals surface area contributed by atoms with E-state index in [9.17, 15) is 9.59 Å². The monoisotopic (exact) mass is 396 g/mol. The Morgan fingerprint density at radius 3 is 2.58 bits per heavy atom. The number of thiophene rings is 1. The minimum atomic E-state index is -0.410. The van der Waals surface area contributed by atoms with Gasteiger partial charge in [0.05, 0.1) is 17.9 Å². The van der Waals surface area contributed by atoms with Gasteiger partial charge in [-0.2, -0.15) is 0 Å². The van der Waals surface area contributed by atoms with Gasteiger partial charge < -0.3 is 14.6 Å². The third-order valence-corrected chi connectivity index (χ3v) is 5.87. The molecule has 0 fully saturated rings. The Morgan fingerprint density at radius 2 is 1.96 bits per heavy atom. The summed E-state index contributed by atoms with van der Waals surface area (Å²) in [5.41, 5.74) is 1.28. The molecule has 2 heterocycles. The van der Waals surface area contributed by atoms with Gasteiger partial charge in [-0.3, -0.25) is 4.79 Å². The molecule has 0 unspecified atom stereocenters. The largest absolute Gasteiger partial charge is 0.462 e. The van der Waals surface area contributed by atoms with Crippen molar-refractivity contribution in [3.63, 3.8) is 0 Å². The molecule has 142 valence electrons. The van der Waals surface area contributed by atoms with Crippen LogP contribution in [0.4, 0.5) is 5.00 Å². The summed E-state index contributed by atoms with van der Waals surface area (Å²) in [6.45, 7) is 11.8. The van der Waals surface area contributed by atoms with E-state index >= 15 is 0 Å². The van der Waals surface area contributed by atoms with Crippen molar-refractivity contribution >= 4 is 40.0 Å². The van der Waals surface area contributed by atoms with Crippen LogP contribution in [0, 0.1) is 20.8 Å². The van der Waals surface area contributed by atoms with Gasteiger partial charge in [0.1, 0.15) is 10.8 Å². The highest BCUT2D eigenvalue weighted by molar-refractivity contribution is 7.99. The van der Waals surface area contributed by atoms with Gasteiger partial charge in [-0.15, -0.1) is 21.5 Å². The Bertz CT molecular complexity index is 811. The fourth-order valence-electron chi connectivity index (χ4n) is 2.50. The molecule has 0 aliphatic carbocycles. The molecule has 9 heteroatoms. The average molecular weight is 397 g/mol. The van der Waals surface area contributed by atoms with E-state index in [1.165, 1.54) is 23.1 Å². The molecule has 0 saturated heterocycles. The number of anilines is 1. The van der Waals surface area contributed by atoms with Crippen molar-refractivity contribution in [2.24, 2.45) is 0 Å². The highest BCUT2D eigenvalue weighted by Gasteiger charge is 2.22. The van der Waals surface area contributed by atoms with Crippen LogP contribution in [0.5, 0.6) is 0 Å². The molecular formula is C17H24N4O3S2. The summed E-state index contributed by atoms with van der Waals surface area (Å²) in [5, 5.41) is 12.3. The van der Waals surface area contributed by atoms with E-state index in [-0.39, 0.29) is 17.7 Å². The molecule has 0 aromatic carbocycles. The van der Waals surface area contributed by atoms with Crippen molar-refractivity contribution in [2.75, 3.05) is 17.7 Å². The summed E-state index contributed by atoms with van der Waals surface area (Å²) in [4.78, 5) is 25.6. The Labute approximate surface area is 161 Å². The van der Waals surface area contributed by atoms with E-state index in [0.717, 1.165) is 16.3 Å². The minimum Gasteiger partial charge on any atom is -0.462 e. The maximum Gasteiger partial charge on any atom is 0.341 e. The summed E-state index contributed by atoms with van der Waals surface area (Å²) >= 11 is 2.71. The summed E-state index contributed by atoms with van der Waals surface area (Å²) in [5.74, 6) is 0.394. The number of aryl methyl sites for hydroxylation is 2. The standard InChI is InChI=1S/C17H24N4O3S2/c1-7-24-16(23)14-10(4)11(5)26-15(14)18-13(22)8-25-17-20-19-12(6)21(17)9(2)3/h9H,7-8H2,1-6H3,(H,18,22). The summed E-state index contributed by atoms with van der Waals surface area (Å²) in [6, 6.07) is 0.216. The van der Waals surface area contributed by atoms with Crippen molar-refractivity contribution in [1.82, 2.24) is 14.8 Å². The minimum absolute atomic E-state index is 0.184. The quantitative estimate of drug-likeness (QED) is 0.566. The van der Waals surface area contributed by atoms with Crippen molar-refractivity contribution in [3.05, 3.63) is 21.8 Å². The highest BCUT2D eigenvalue weighted by atomic mass is 32.2. The molecule has 0 spiro atoms. The number of rotatable bonds is 7. The van der Waals surface area contributed by atoms with Crippen LogP contribution in [0.1, 0.15) is 53.4 Å². The topological polar surface area (TPSA) is 86.1 Å². The molecule has 26 heavy (non-hydrogen) atoms. The molecule has 1 amide bonds. The van der Waals surface area contributed by atoms with Gasteiger partial charge in [0.25, 0.3) is 0 Å². The molecule has 0 aliphatic rings. The van der Waals surface area contributed by atoms with Gasteiger partial charge in [-0.1, -0.05) is 11.8 Å². The maximum atomic E-state index is 12.4. The smallest absolute Gasteiger partial charge is 0.341 e. The first kappa shape index (κ1) is 20.4. The van der Waals surface area contributed by atoms with Crippen LogP contribution in [0.15, 0.2) is 5.16 Å². The van der Waals surface area contributed by atoms with E-state index in [1.807, 2.05) is 39.2 Å². The zero-order valence-corrected chi connectivity index (χ0v) is 17.5. The van der Waals surface area contributed by atoms with Gasteiger partial charge in [0.15, 0.2) is 5.16 Å². The zero-order valence-electron chi connectivity index (χ0n) is 15.9. The molecule has 7 nitrogen and oxygen atoms in total. The third-order valence-electron chi connectivity index (χ3n) is 3.80. The van der Waals surface area contributed by atoms with Gasteiger partial charge in [-0.05, 0) is 47.1 Å². The fourth-order valence-corrected chi connectivity index (χ4v) is 4.48. The second-order valence-electron chi connectivity index (χ2n) is 6.04. The normalized spacial score (nSPS) is 11.0. The number of nitrogens with one attached hydrogen (secondary N) is 1. The lowest BCUT2D eigenvalue weighted by Gasteiger charge is -2.11. The molecule has 2 rings (SSSR count). The second-order valence-corrected chi connectivity index (χ2v) is 8.21. The van der Waals surface area contributed by atoms with E-state index in [2.05, 4.69) is 15.5 Å². The van der Waals surface area contributed by atoms with Gasteiger partial charge in [-0.25, -0.2) is 4.79 Å². The van der Waals surface area contributed by atoms with Gasteiger partial charge >= 0.3 is 5.97 Å². The van der Waals surface area contributed by atoms with Gasteiger partial charge in [0, 0.05) is 10.9 Å². The van der Waals surface area contributed by atoms with Crippen LogP contribution < -0.4 is 5.32 Å². The number of ether oxygens (including phenoxy) is 1. The Balaban J connectivity index is 2.09. The number of nitrogens with zero attached hydrogens (tertiary/aromatic N) is 3. The second kappa shape index (κ2) is 8.68. The van der Waals surface area contributed by atoms with Crippen LogP contribution in [0.3, 0.4) is 0 Å². The van der Waals surface area contributed by atoms with Crippen molar-refractivity contribution in [3.8, 4) is 0 Å². The van der Waals surface area contributed by atoms with E-state index in [1.54, 1.807) is 6.92 Å². The Morgan fingerprint density at radius 1 is 1.27 bits per heavy atom. The number of carbonyl (C=O) groups is 2. The fraction of sp³-hybridized carbons (Fsp3) is 0.529. The first-order valence-electron chi connectivity index (χ1n) is 8.37. The van der Waals surface area contributed by atoms with Crippen LogP contribution in [0.2, 0.25) is 0 Å².